The van der Waals surface area contributed by atoms with Crippen molar-refractivity contribution >= 4 is 17.5 Å². The molecule has 0 aliphatic carbocycles. The third-order valence-electron chi connectivity index (χ3n) is 2.81. The molecule has 6 heteroatoms. The van der Waals surface area contributed by atoms with Gasteiger partial charge in [-0.05, 0) is 19.1 Å². The highest BCUT2D eigenvalue weighted by molar-refractivity contribution is 5.72. The van der Waals surface area contributed by atoms with Crippen molar-refractivity contribution in [3.05, 3.63) is 35.5 Å². The van der Waals surface area contributed by atoms with Crippen LogP contribution < -0.4 is 15.4 Å². The Morgan fingerprint density at radius 1 is 1.35 bits per heavy atom. The van der Waals surface area contributed by atoms with E-state index in [1.165, 1.54) is 0 Å². The highest BCUT2D eigenvalue weighted by atomic mass is 16.5. The fourth-order valence-corrected chi connectivity index (χ4v) is 1.73. The molecule has 0 saturated heterocycles. The van der Waals surface area contributed by atoms with Crippen LogP contribution in [0.5, 0.6) is 5.75 Å². The first-order chi connectivity index (χ1) is 9.69. The van der Waals surface area contributed by atoms with Gasteiger partial charge in [-0.3, -0.25) is 0 Å². The fourth-order valence-electron chi connectivity index (χ4n) is 1.73. The lowest BCUT2D eigenvalue weighted by Crippen LogP contribution is -2.04. The topological polar surface area (TPSA) is 82.9 Å². The molecule has 2 N–H and O–H groups in total. The van der Waals surface area contributed by atoms with Crippen LogP contribution in [0.15, 0.2) is 24.4 Å². The zero-order chi connectivity index (χ0) is 14.5. The second kappa shape index (κ2) is 5.89. The van der Waals surface area contributed by atoms with Gasteiger partial charge in [0, 0.05) is 18.8 Å². The molecule has 102 valence electrons. The number of nitrogens with zero attached hydrogens (tertiary/aromatic N) is 3. The van der Waals surface area contributed by atoms with Crippen LogP contribution in [0.3, 0.4) is 0 Å². The molecule has 1 heterocycles. The van der Waals surface area contributed by atoms with Gasteiger partial charge < -0.3 is 15.4 Å². The van der Waals surface area contributed by atoms with Crippen molar-refractivity contribution in [2.24, 2.45) is 0 Å². The van der Waals surface area contributed by atoms with Crippen molar-refractivity contribution < 1.29 is 4.74 Å². The molecule has 2 rings (SSSR count). The van der Waals surface area contributed by atoms with Crippen LogP contribution in [-0.2, 0) is 0 Å². The molecule has 0 bridgehead atoms. The van der Waals surface area contributed by atoms with Crippen molar-refractivity contribution in [3.8, 4) is 11.8 Å². The maximum atomic E-state index is 9.20. The Balaban J connectivity index is 2.47. The predicted molar refractivity (Wildman–Crippen MR) is 77.3 cm³/mol. The number of benzene rings is 1. The lowest BCUT2D eigenvalue weighted by Gasteiger charge is -2.14. The van der Waals surface area contributed by atoms with Gasteiger partial charge in [0.1, 0.15) is 23.3 Å². The van der Waals surface area contributed by atoms with Crippen LogP contribution in [0.25, 0.3) is 0 Å². The largest absolute Gasteiger partial charge is 0.495 e. The molecular weight excluding hydrogens is 254 g/mol. The average Bonchev–Trinajstić information content (AvgIpc) is 2.49. The van der Waals surface area contributed by atoms with Gasteiger partial charge in [0.05, 0.1) is 12.7 Å². The smallest absolute Gasteiger partial charge is 0.224 e. The standard InChI is InChI=1S/C14H15N5O/c1-9-8-17-14(16-2)19-13(9)18-12-10(7-15)5-4-6-11(12)20-3/h4-6,8H,1-3H3,(H2,16,17,18,19). The number of methoxy groups -OCH3 is 1. The molecule has 0 unspecified atom stereocenters. The molecule has 2 aromatic rings. The highest BCUT2D eigenvalue weighted by Gasteiger charge is 2.11. The van der Waals surface area contributed by atoms with Gasteiger partial charge in [0.2, 0.25) is 5.95 Å². The first-order valence-corrected chi connectivity index (χ1v) is 6.05. The number of para-hydroxylation sites is 1. The Labute approximate surface area is 117 Å². The van der Waals surface area contributed by atoms with Crippen molar-refractivity contribution in [2.45, 2.75) is 6.92 Å². The summed E-state index contributed by atoms with van der Waals surface area (Å²) >= 11 is 0. The van der Waals surface area contributed by atoms with Crippen molar-refractivity contribution in [1.29, 1.82) is 5.26 Å². The van der Waals surface area contributed by atoms with Gasteiger partial charge in [0.15, 0.2) is 0 Å². The van der Waals surface area contributed by atoms with E-state index in [-0.39, 0.29) is 0 Å². The summed E-state index contributed by atoms with van der Waals surface area (Å²) in [5, 5.41) is 15.2. The van der Waals surface area contributed by atoms with Gasteiger partial charge in [0.25, 0.3) is 0 Å². The van der Waals surface area contributed by atoms with E-state index in [4.69, 9.17) is 4.74 Å². The monoisotopic (exact) mass is 269 g/mol. The fraction of sp³-hybridized carbons (Fsp3) is 0.214. The maximum absolute atomic E-state index is 9.20. The van der Waals surface area contributed by atoms with E-state index in [1.807, 2.05) is 6.92 Å². The van der Waals surface area contributed by atoms with Crippen LogP contribution >= 0.6 is 0 Å². The third kappa shape index (κ3) is 2.62. The molecular formula is C14H15N5O. The predicted octanol–water partition coefficient (Wildman–Crippen LogP) is 2.45. The Kier molecular flexibility index (Phi) is 4.01. The molecule has 0 saturated carbocycles. The third-order valence-corrected chi connectivity index (χ3v) is 2.81. The van der Waals surface area contributed by atoms with E-state index in [1.54, 1.807) is 38.6 Å². The molecule has 1 aromatic heterocycles. The van der Waals surface area contributed by atoms with Crippen molar-refractivity contribution in [3.63, 3.8) is 0 Å². The Morgan fingerprint density at radius 2 is 2.15 bits per heavy atom. The SMILES string of the molecule is CNc1ncc(C)c(Nc2c(C#N)cccc2OC)n1. The van der Waals surface area contributed by atoms with Gasteiger partial charge >= 0.3 is 0 Å². The van der Waals surface area contributed by atoms with E-state index in [0.29, 0.717) is 28.8 Å². The van der Waals surface area contributed by atoms with E-state index >= 15 is 0 Å². The number of nitriles is 1. The Morgan fingerprint density at radius 3 is 2.80 bits per heavy atom. The first kappa shape index (κ1) is 13.6. The lowest BCUT2D eigenvalue weighted by molar-refractivity contribution is 0.416. The van der Waals surface area contributed by atoms with Crippen LogP contribution in [-0.4, -0.2) is 24.1 Å². The zero-order valence-corrected chi connectivity index (χ0v) is 11.6. The zero-order valence-electron chi connectivity index (χ0n) is 11.6. The summed E-state index contributed by atoms with van der Waals surface area (Å²) in [4.78, 5) is 8.46. The minimum Gasteiger partial charge on any atom is -0.495 e. The maximum Gasteiger partial charge on any atom is 0.224 e. The minimum atomic E-state index is 0.494. The van der Waals surface area contributed by atoms with Gasteiger partial charge in [-0.1, -0.05) is 6.07 Å². The quantitative estimate of drug-likeness (QED) is 0.887. The average molecular weight is 269 g/mol. The van der Waals surface area contributed by atoms with E-state index in [9.17, 15) is 5.26 Å². The lowest BCUT2D eigenvalue weighted by atomic mass is 10.1. The number of anilines is 3. The van der Waals surface area contributed by atoms with Crippen molar-refractivity contribution in [1.82, 2.24) is 9.97 Å². The summed E-state index contributed by atoms with van der Waals surface area (Å²) in [6, 6.07) is 7.42. The molecule has 0 aliphatic rings. The molecule has 0 aliphatic heterocycles. The van der Waals surface area contributed by atoms with Gasteiger partial charge in [-0.15, -0.1) is 0 Å². The number of hydrogen-bond donors (Lipinski definition) is 2. The summed E-state index contributed by atoms with van der Waals surface area (Å²) in [5.41, 5.74) is 1.97. The molecule has 20 heavy (non-hydrogen) atoms. The summed E-state index contributed by atoms with van der Waals surface area (Å²) in [7, 11) is 3.31. The number of aromatic nitrogens is 2. The summed E-state index contributed by atoms with van der Waals surface area (Å²) < 4.78 is 5.28. The number of ether oxygens (including phenoxy) is 1. The number of nitrogens with one attached hydrogen (secondary N) is 2. The van der Waals surface area contributed by atoms with Crippen LogP contribution in [0.2, 0.25) is 0 Å². The first-order valence-electron chi connectivity index (χ1n) is 6.05. The van der Waals surface area contributed by atoms with Gasteiger partial charge in [-0.2, -0.15) is 10.2 Å². The van der Waals surface area contributed by atoms with E-state index in [0.717, 1.165) is 5.56 Å². The van der Waals surface area contributed by atoms with E-state index in [2.05, 4.69) is 26.7 Å². The van der Waals surface area contributed by atoms with Crippen LogP contribution in [0.4, 0.5) is 17.5 Å². The highest BCUT2D eigenvalue weighted by Crippen LogP contribution is 2.31. The van der Waals surface area contributed by atoms with E-state index < -0.39 is 0 Å². The van der Waals surface area contributed by atoms with Crippen LogP contribution in [0, 0.1) is 18.3 Å². The second-order valence-corrected chi connectivity index (χ2v) is 4.09. The Hall–Kier alpha value is -2.81. The minimum absolute atomic E-state index is 0.494. The Bertz CT molecular complexity index is 663. The molecule has 0 amide bonds. The summed E-state index contributed by atoms with van der Waals surface area (Å²) in [5.74, 6) is 1.73. The molecule has 0 radical (unpaired) electrons. The molecule has 0 spiro atoms. The van der Waals surface area contributed by atoms with Crippen LogP contribution in [0.1, 0.15) is 11.1 Å². The molecule has 1 aromatic carbocycles. The summed E-state index contributed by atoms with van der Waals surface area (Å²) in [6.07, 6.45) is 1.71. The number of hydrogen-bond acceptors (Lipinski definition) is 6. The number of aryl methyl sites for hydroxylation is 1. The molecule has 0 atom stereocenters. The second-order valence-electron chi connectivity index (χ2n) is 4.09. The van der Waals surface area contributed by atoms with Crippen molar-refractivity contribution in [2.75, 3.05) is 24.8 Å². The number of rotatable bonds is 4. The molecule has 0 fully saturated rings. The van der Waals surface area contributed by atoms with Gasteiger partial charge in [-0.25, -0.2) is 4.98 Å². The molecule has 6 nitrogen and oxygen atoms in total. The normalized spacial score (nSPS) is 9.70. The summed E-state index contributed by atoms with van der Waals surface area (Å²) in [6.45, 7) is 1.89.